The van der Waals surface area contributed by atoms with Gasteiger partial charge in [0.05, 0.1) is 0 Å². The van der Waals surface area contributed by atoms with Gasteiger partial charge in [0.1, 0.15) is 0 Å². The number of rotatable bonds is 0. The standard InChI is InChI=1S/H9Si4/c1-4(2)3/h1-3H3/q-1. The molecule has 0 heterocycles. The van der Waals surface area contributed by atoms with Gasteiger partial charge in [0.2, 0.25) is 0 Å². The van der Waals surface area contributed by atoms with Gasteiger partial charge in [-0.05, 0) is 0 Å². The van der Waals surface area contributed by atoms with E-state index in [9.17, 15) is 0 Å². The van der Waals surface area contributed by atoms with E-state index in [2.05, 4.69) is 0 Å². The molecule has 0 saturated carbocycles. The maximum atomic E-state index is 1.57. The first-order valence-electron chi connectivity index (χ1n) is 1.50. The molecule has 0 spiro atoms. The molecule has 0 atom stereocenters. The van der Waals surface area contributed by atoms with Crippen LogP contribution < -0.4 is 0 Å². The molecule has 0 aromatic heterocycles. The highest BCUT2D eigenvalue weighted by atomic mass is 29.8. The minimum absolute atomic E-state index is 0.537. The summed E-state index contributed by atoms with van der Waals surface area (Å²) in [5.74, 6) is 0. The minimum Gasteiger partial charge on any atom is -0.283 e. The van der Waals surface area contributed by atoms with E-state index in [0.717, 1.165) is 0 Å². The molecule has 0 aliphatic carbocycles. The lowest BCUT2D eigenvalue weighted by Gasteiger charge is -1.95. The molecule has 4 heavy (non-hydrogen) atoms. The van der Waals surface area contributed by atoms with Crippen molar-refractivity contribution in [1.29, 1.82) is 0 Å². The Morgan fingerprint density at radius 2 is 1.00 bits per heavy atom. The predicted molar refractivity (Wildman–Crippen MR) is 35.6 cm³/mol. The minimum atomic E-state index is 0.537. The summed E-state index contributed by atoms with van der Waals surface area (Å²) >= 11 is 0. The van der Waals surface area contributed by atoms with Crippen LogP contribution in [0.4, 0.5) is 0 Å². The molecular weight excluding hydrogens is 112 g/mol. The lowest BCUT2D eigenvalue weighted by atomic mass is 26.4. The monoisotopic (exact) mass is 121 g/mol. The highest BCUT2D eigenvalue weighted by molar-refractivity contribution is 7.49. The maximum Gasteiger partial charge on any atom is -0.145 e. The van der Waals surface area contributed by atoms with Gasteiger partial charge in [-0.25, -0.2) is 0 Å². The van der Waals surface area contributed by atoms with Crippen molar-refractivity contribution in [3.05, 3.63) is 0 Å². The molecule has 0 unspecified atom stereocenters. The molecule has 0 N–H and O–H groups in total. The van der Waals surface area contributed by atoms with Crippen LogP contribution in [-0.4, -0.2) is 36.6 Å². The van der Waals surface area contributed by atoms with Crippen LogP contribution in [0.2, 0.25) is 0 Å². The van der Waals surface area contributed by atoms with Crippen LogP contribution in [-0.2, 0) is 0 Å². The lowest BCUT2D eigenvalue weighted by Crippen LogP contribution is -2.11. The molecule has 0 bridgehead atoms. The fourth-order valence-electron chi connectivity index (χ4n) is 0. The average Bonchev–Trinajstić information content (AvgIpc) is 0.811. The van der Waals surface area contributed by atoms with Crippen LogP contribution >= 0.6 is 0 Å². The number of hydrogen-bond acceptors (Lipinski definition) is 0. The Balaban J connectivity index is 2.32. The van der Waals surface area contributed by atoms with Gasteiger partial charge in [0, 0.05) is 0 Å². The second-order valence-electron chi connectivity index (χ2n) is 1.50. The quantitative estimate of drug-likeness (QED) is 0.287. The van der Waals surface area contributed by atoms with Crippen LogP contribution in [0.1, 0.15) is 0 Å². The van der Waals surface area contributed by atoms with Gasteiger partial charge in [-0.15, -0.1) is 29.3 Å². The number of hydrogen-bond donors (Lipinski definition) is 0. The molecule has 0 fully saturated rings. The molecule has 0 aliphatic heterocycles. The van der Waals surface area contributed by atoms with E-state index in [-0.39, 0.29) is 0 Å². The molecule has 0 amide bonds. The van der Waals surface area contributed by atoms with Crippen molar-refractivity contribution in [3.63, 3.8) is 0 Å². The van der Waals surface area contributed by atoms with Crippen LogP contribution in [0, 0.1) is 0 Å². The molecule has 0 aliphatic rings. The van der Waals surface area contributed by atoms with Crippen molar-refractivity contribution in [2.24, 2.45) is 0 Å². The summed E-state index contributed by atoms with van der Waals surface area (Å²) in [6, 6.07) is 0. The fraction of sp³-hybridized carbons (Fsp3) is 0. The second kappa shape index (κ2) is 2.13. The third kappa shape index (κ3) is 13.3. The van der Waals surface area contributed by atoms with E-state index < -0.39 is 0 Å². The van der Waals surface area contributed by atoms with Gasteiger partial charge in [0.25, 0.3) is 0 Å². The van der Waals surface area contributed by atoms with Crippen molar-refractivity contribution >= 4 is 36.6 Å². The van der Waals surface area contributed by atoms with Crippen LogP contribution in [0.5, 0.6) is 0 Å². The SMILES string of the molecule is [SiH3][Si-]([SiH3])[SiH3]. The Morgan fingerprint density at radius 3 is 1.00 bits per heavy atom. The van der Waals surface area contributed by atoms with Crippen molar-refractivity contribution in [3.8, 4) is 0 Å². The first-order valence-corrected chi connectivity index (χ1v) is 13.5. The summed E-state index contributed by atoms with van der Waals surface area (Å²) < 4.78 is 0. The zero-order valence-electron chi connectivity index (χ0n) is 3.50. The molecule has 26 valence electrons. The summed E-state index contributed by atoms with van der Waals surface area (Å²) in [6.45, 7) is 0. The van der Waals surface area contributed by atoms with Crippen LogP contribution in [0.15, 0.2) is 0 Å². The molecule has 0 nitrogen and oxygen atoms in total. The topological polar surface area (TPSA) is 0 Å². The van der Waals surface area contributed by atoms with Crippen molar-refractivity contribution in [1.82, 2.24) is 0 Å². The largest absolute Gasteiger partial charge is 0.283 e. The van der Waals surface area contributed by atoms with Gasteiger partial charge >= 0.3 is 0 Å². The first kappa shape index (κ1) is 4.87. The Kier molecular flexibility index (Phi) is 2.59. The van der Waals surface area contributed by atoms with E-state index >= 15 is 0 Å². The summed E-state index contributed by atoms with van der Waals surface area (Å²) in [6.07, 6.45) is 0. The van der Waals surface area contributed by atoms with Gasteiger partial charge in [-0.1, -0.05) is 0 Å². The lowest BCUT2D eigenvalue weighted by molar-refractivity contribution is 4.02. The Bertz CT molecular complexity index is 4.75. The zero-order chi connectivity index (χ0) is 3.58. The smallest absolute Gasteiger partial charge is 0.145 e. The second-order valence-corrected chi connectivity index (χ2v) is 40.5. The molecule has 0 radical (unpaired) electrons. The van der Waals surface area contributed by atoms with Crippen molar-refractivity contribution in [2.45, 2.75) is 0 Å². The van der Waals surface area contributed by atoms with Gasteiger partial charge in [-0.3, -0.25) is 7.35 Å². The zero-order valence-corrected chi connectivity index (χ0v) is 10.5. The Morgan fingerprint density at radius 1 is 1.00 bits per heavy atom. The molecule has 0 aromatic rings. The summed E-state index contributed by atoms with van der Waals surface area (Å²) in [4.78, 5) is 0. The van der Waals surface area contributed by atoms with Gasteiger partial charge < -0.3 is 0 Å². The molecule has 0 rings (SSSR count). The molecule has 0 saturated heterocycles. The first-order chi connectivity index (χ1) is 1.73. The van der Waals surface area contributed by atoms with E-state index in [1.165, 1.54) is 0 Å². The summed E-state index contributed by atoms with van der Waals surface area (Å²) in [5.41, 5.74) is 0. The van der Waals surface area contributed by atoms with E-state index in [4.69, 9.17) is 0 Å². The third-order valence-electron chi connectivity index (χ3n) is 0. The molecule has 0 aromatic carbocycles. The Labute approximate surface area is 37.2 Å². The van der Waals surface area contributed by atoms with Crippen molar-refractivity contribution < 1.29 is 0 Å². The maximum absolute atomic E-state index is 1.57. The van der Waals surface area contributed by atoms with E-state index in [0.29, 0.717) is 7.35 Å². The van der Waals surface area contributed by atoms with E-state index in [1.807, 2.05) is 0 Å². The third-order valence-corrected chi connectivity index (χ3v) is 0. The fourth-order valence-corrected chi connectivity index (χ4v) is 0. The highest BCUT2D eigenvalue weighted by Crippen LogP contribution is 1.35. The normalized spacial score (nSPS) is 11.2. The van der Waals surface area contributed by atoms with Crippen LogP contribution in [0.25, 0.3) is 0 Å². The molecule has 4 heteroatoms. The van der Waals surface area contributed by atoms with Crippen LogP contribution in [0.3, 0.4) is 0 Å². The summed E-state index contributed by atoms with van der Waals surface area (Å²) in [7, 11) is 5.26. The van der Waals surface area contributed by atoms with Crippen molar-refractivity contribution in [2.75, 3.05) is 0 Å². The van der Waals surface area contributed by atoms with Gasteiger partial charge in [0.15, 0.2) is 0 Å². The van der Waals surface area contributed by atoms with Gasteiger partial charge in [-0.2, -0.15) is 0 Å². The highest BCUT2D eigenvalue weighted by Gasteiger charge is 1.52. The van der Waals surface area contributed by atoms with E-state index in [1.54, 1.807) is 29.3 Å². The summed E-state index contributed by atoms with van der Waals surface area (Å²) in [5, 5.41) is 0. The molecular formula is H9Si4-. The average molecular weight is 121 g/mol. The Hall–Kier alpha value is 0.868. The predicted octanol–water partition coefficient (Wildman–Crippen LogP) is -3.93.